The van der Waals surface area contributed by atoms with Crippen LogP contribution in [0.1, 0.15) is 52.4 Å². The molecule has 1 amide bonds. The Morgan fingerprint density at radius 1 is 1.41 bits per heavy atom. The van der Waals surface area contributed by atoms with Gasteiger partial charge in [0.1, 0.15) is 0 Å². The molecule has 0 bridgehead atoms. The second kappa shape index (κ2) is 6.97. The van der Waals surface area contributed by atoms with Gasteiger partial charge < -0.3 is 15.7 Å². The second-order valence-electron chi connectivity index (χ2n) is 5.08. The van der Waals surface area contributed by atoms with Crippen molar-refractivity contribution >= 4 is 5.91 Å². The van der Waals surface area contributed by atoms with E-state index >= 15 is 0 Å². The summed E-state index contributed by atoms with van der Waals surface area (Å²) in [4.78, 5) is 12.1. The smallest absolute Gasteiger partial charge is 0.237 e. The third kappa shape index (κ3) is 3.96. The fraction of sp³-hybridized carbons (Fsp3) is 0.923. The highest BCUT2D eigenvalue weighted by Gasteiger charge is 2.32. The van der Waals surface area contributed by atoms with Gasteiger partial charge in [0, 0.05) is 0 Å². The third-order valence-corrected chi connectivity index (χ3v) is 3.52. The number of amides is 1. The van der Waals surface area contributed by atoms with Gasteiger partial charge in [0.15, 0.2) is 0 Å². The molecule has 0 aromatic heterocycles. The van der Waals surface area contributed by atoms with E-state index < -0.39 is 5.54 Å². The zero-order valence-electron chi connectivity index (χ0n) is 11.1. The van der Waals surface area contributed by atoms with Crippen LogP contribution in [0.25, 0.3) is 0 Å². The molecule has 100 valence electrons. The highest BCUT2D eigenvalue weighted by Crippen LogP contribution is 2.20. The van der Waals surface area contributed by atoms with Crippen LogP contribution in [0.4, 0.5) is 0 Å². The largest absolute Gasteiger partial charge is 0.394 e. The van der Waals surface area contributed by atoms with Crippen LogP contribution in [0.5, 0.6) is 0 Å². The van der Waals surface area contributed by atoms with Crippen molar-refractivity contribution in [3.05, 3.63) is 0 Å². The molecule has 1 fully saturated rings. The van der Waals surface area contributed by atoms with E-state index in [1.54, 1.807) is 0 Å². The lowest BCUT2D eigenvalue weighted by Crippen LogP contribution is -2.55. The standard InChI is InChI=1S/C13H26N2O2/c1-3-7-13(10-16,8-4-2)15-12(17)11-6-5-9-14-11/h11,14,16H,3-10H2,1-2H3,(H,15,17)/t11-/m1/s1. The molecule has 1 rings (SSSR count). The van der Waals surface area contributed by atoms with E-state index in [1.807, 2.05) is 0 Å². The molecule has 17 heavy (non-hydrogen) atoms. The summed E-state index contributed by atoms with van der Waals surface area (Å²) in [7, 11) is 0. The SMILES string of the molecule is CCCC(CO)(CCC)NC(=O)[C@H]1CCCN1. The molecule has 0 aliphatic carbocycles. The van der Waals surface area contributed by atoms with E-state index in [4.69, 9.17) is 0 Å². The van der Waals surface area contributed by atoms with Crippen molar-refractivity contribution in [1.29, 1.82) is 0 Å². The fourth-order valence-electron chi connectivity index (χ4n) is 2.66. The summed E-state index contributed by atoms with van der Waals surface area (Å²) >= 11 is 0. The zero-order chi connectivity index (χ0) is 12.7. The van der Waals surface area contributed by atoms with Gasteiger partial charge in [-0.25, -0.2) is 0 Å². The highest BCUT2D eigenvalue weighted by atomic mass is 16.3. The molecule has 0 radical (unpaired) electrons. The van der Waals surface area contributed by atoms with E-state index in [2.05, 4.69) is 24.5 Å². The topological polar surface area (TPSA) is 61.4 Å². The molecule has 1 heterocycles. The Bertz CT molecular complexity index is 232. The molecule has 4 heteroatoms. The molecule has 1 aliphatic heterocycles. The number of carbonyl (C=O) groups excluding carboxylic acids is 1. The van der Waals surface area contributed by atoms with Gasteiger partial charge in [-0.3, -0.25) is 4.79 Å². The number of rotatable bonds is 7. The fourth-order valence-corrected chi connectivity index (χ4v) is 2.66. The van der Waals surface area contributed by atoms with Crippen molar-refractivity contribution in [3.8, 4) is 0 Å². The summed E-state index contributed by atoms with van der Waals surface area (Å²) in [5.74, 6) is 0.0541. The van der Waals surface area contributed by atoms with Crippen molar-refractivity contribution in [2.24, 2.45) is 0 Å². The lowest BCUT2D eigenvalue weighted by atomic mass is 9.89. The lowest BCUT2D eigenvalue weighted by molar-refractivity contribution is -0.125. The molecular formula is C13H26N2O2. The predicted octanol–water partition coefficient (Wildman–Crippen LogP) is 1.19. The normalized spacial score (nSPS) is 20.5. The Labute approximate surface area is 104 Å². The van der Waals surface area contributed by atoms with Crippen LogP contribution in [0.3, 0.4) is 0 Å². The van der Waals surface area contributed by atoms with E-state index in [-0.39, 0.29) is 18.6 Å². The van der Waals surface area contributed by atoms with Gasteiger partial charge >= 0.3 is 0 Å². The van der Waals surface area contributed by atoms with Crippen LogP contribution < -0.4 is 10.6 Å². The molecule has 0 aromatic rings. The zero-order valence-corrected chi connectivity index (χ0v) is 11.1. The molecule has 0 aromatic carbocycles. The van der Waals surface area contributed by atoms with Crippen molar-refractivity contribution in [1.82, 2.24) is 10.6 Å². The first-order chi connectivity index (χ1) is 8.17. The van der Waals surface area contributed by atoms with Crippen molar-refractivity contribution in [2.75, 3.05) is 13.2 Å². The summed E-state index contributed by atoms with van der Waals surface area (Å²) in [5.41, 5.74) is -0.412. The highest BCUT2D eigenvalue weighted by molar-refractivity contribution is 5.82. The van der Waals surface area contributed by atoms with Crippen LogP contribution in [0.2, 0.25) is 0 Å². The number of carbonyl (C=O) groups is 1. The Hall–Kier alpha value is -0.610. The van der Waals surface area contributed by atoms with Gasteiger partial charge in [-0.2, -0.15) is 0 Å². The number of hydrogen-bond donors (Lipinski definition) is 3. The van der Waals surface area contributed by atoms with Gasteiger partial charge in [-0.1, -0.05) is 26.7 Å². The molecule has 1 aliphatic rings. The number of aliphatic hydroxyl groups is 1. The lowest BCUT2D eigenvalue weighted by Gasteiger charge is -2.33. The molecule has 0 saturated carbocycles. The van der Waals surface area contributed by atoms with Gasteiger partial charge in [0.05, 0.1) is 18.2 Å². The average molecular weight is 242 g/mol. The molecule has 0 spiro atoms. The number of aliphatic hydroxyl groups excluding tert-OH is 1. The summed E-state index contributed by atoms with van der Waals surface area (Å²) in [5, 5.41) is 15.9. The Balaban J connectivity index is 2.59. The van der Waals surface area contributed by atoms with Crippen molar-refractivity contribution in [3.63, 3.8) is 0 Å². The van der Waals surface area contributed by atoms with Crippen LogP contribution in [-0.2, 0) is 4.79 Å². The average Bonchev–Trinajstić information content (AvgIpc) is 2.83. The van der Waals surface area contributed by atoms with Crippen LogP contribution >= 0.6 is 0 Å². The minimum atomic E-state index is -0.412. The monoisotopic (exact) mass is 242 g/mol. The van der Waals surface area contributed by atoms with E-state index in [0.29, 0.717) is 0 Å². The summed E-state index contributed by atoms with van der Waals surface area (Å²) < 4.78 is 0. The van der Waals surface area contributed by atoms with Crippen LogP contribution in [-0.4, -0.2) is 35.7 Å². The minimum absolute atomic E-state index is 0.0349. The first-order valence-corrected chi connectivity index (χ1v) is 6.83. The Morgan fingerprint density at radius 2 is 2.06 bits per heavy atom. The number of nitrogens with one attached hydrogen (secondary N) is 2. The summed E-state index contributed by atoms with van der Waals surface area (Å²) in [6.07, 6.45) is 5.60. The molecule has 3 N–H and O–H groups in total. The van der Waals surface area contributed by atoms with Crippen molar-refractivity contribution in [2.45, 2.75) is 64.0 Å². The molecule has 1 saturated heterocycles. The molecule has 1 atom stereocenters. The molecule has 0 unspecified atom stereocenters. The van der Waals surface area contributed by atoms with E-state index in [1.165, 1.54) is 0 Å². The maximum atomic E-state index is 12.1. The molecule has 4 nitrogen and oxygen atoms in total. The maximum Gasteiger partial charge on any atom is 0.237 e. The predicted molar refractivity (Wildman–Crippen MR) is 68.8 cm³/mol. The maximum absolute atomic E-state index is 12.1. The second-order valence-corrected chi connectivity index (χ2v) is 5.08. The van der Waals surface area contributed by atoms with E-state index in [0.717, 1.165) is 45.1 Å². The van der Waals surface area contributed by atoms with Crippen LogP contribution in [0, 0.1) is 0 Å². The van der Waals surface area contributed by atoms with Gasteiger partial charge in [-0.05, 0) is 32.2 Å². The number of hydrogen-bond acceptors (Lipinski definition) is 3. The van der Waals surface area contributed by atoms with Gasteiger partial charge in [-0.15, -0.1) is 0 Å². The molecular weight excluding hydrogens is 216 g/mol. The van der Waals surface area contributed by atoms with Crippen molar-refractivity contribution < 1.29 is 9.90 Å². The quantitative estimate of drug-likeness (QED) is 0.628. The summed E-state index contributed by atoms with van der Waals surface area (Å²) in [6.45, 7) is 5.12. The van der Waals surface area contributed by atoms with E-state index in [9.17, 15) is 9.90 Å². The van der Waals surface area contributed by atoms with Crippen LogP contribution in [0.15, 0.2) is 0 Å². The summed E-state index contributed by atoms with van der Waals surface area (Å²) in [6, 6.07) is -0.0605. The van der Waals surface area contributed by atoms with Gasteiger partial charge in [0.2, 0.25) is 5.91 Å². The first kappa shape index (κ1) is 14.5. The third-order valence-electron chi connectivity index (χ3n) is 3.52. The van der Waals surface area contributed by atoms with Gasteiger partial charge in [0.25, 0.3) is 0 Å². The Morgan fingerprint density at radius 3 is 2.47 bits per heavy atom. The Kier molecular flexibility index (Phi) is 5.92. The first-order valence-electron chi connectivity index (χ1n) is 6.83. The minimum Gasteiger partial charge on any atom is -0.394 e.